The molecule has 2 amide bonds. The largest absolute Gasteiger partial charge is 0.493 e. The molecule has 17 heteroatoms. The van der Waals surface area contributed by atoms with Gasteiger partial charge in [0, 0.05) is 55.7 Å². The Kier molecular flexibility index (Phi) is 11.9. The van der Waals surface area contributed by atoms with Gasteiger partial charge in [-0.2, -0.15) is 31.6 Å². The Morgan fingerprint density at radius 2 is 1.78 bits per heavy atom. The molecular formula is C37H36F6N4O6S. The average Bonchev–Trinajstić information content (AvgIpc) is 3.63. The minimum Gasteiger partial charge on any atom is -0.493 e. The van der Waals surface area contributed by atoms with Crippen molar-refractivity contribution in [2.45, 2.75) is 74.9 Å². The number of benzene rings is 1. The van der Waals surface area contributed by atoms with Crippen molar-refractivity contribution < 1.29 is 55.3 Å². The Bertz CT molecular complexity index is 1920. The van der Waals surface area contributed by atoms with Crippen molar-refractivity contribution in [2.24, 2.45) is 0 Å². The molecule has 2 aliphatic rings. The molecule has 2 aromatic heterocycles. The number of nitriles is 1. The summed E-state index contributed by atoms with van der Waals surface area (Å²) in [5.41, 5.74) is -4.89. The van der Waals surface area contributed by atoms with Crippen molar-refractivity contribution in [3.8, 4) is 17.6 Å². The quantitative estimate of drug-likeness (QED) is 0.120. The fourth-order valence-electron chi connectivity index (χ4n) is 6.97. The zero-order valence-corrected chi connectivity index (χ0v) is 29.8. The van der Waals surface area contributed by atoms with Gasteiger partial charge in [0.05, 0.1) is 29.7 Å². The molecule has 5 rings (SSSR count). The molecule has 288 valence electrons. The SMILES string of the molecule is CC=CC1N(C(=O)c2ncccc2C(F)(F)F)CCCC1(Oc1csc(C(F)(F)F)c1)C(=O)N1CCC(C#N)(c2ccccc2OCCCC(=O)O)CC1. The van der Waals surface area contributed by atoms with E-state index in [2.05, 4.69) is 11.1 Å². The summed E-state index contributed by atoms with van der Waals surface area (Å²) >= 11 is 0.339. The molecular weight excluding hydrogens is 742 g/mol. The number of carboxylic acid groups (broad SMARTS) is 1. The average molecular weight is 779 g/mol. The monoisotopic (exact) mass is 778 g/mol. The van der Waals surface area contributed by atoms with Crippen LogP contribution in [0, 0.1) is 11.3 Å². The van der Waals surface area contributed by atoms with Gasteiger partial charge in [-0.25, -0.2) is 0 Å². The summed E-state index contributed by atoms with van der Waals surface area (Å²) in [6.07, 6.45) is -5.52. The number of piperidine rings is 2. The third-order valence-electron chi connectivity index (χ3n) is 9.54. The van der Waals surface area contributed by atoms with Crippen molar-refractivity contribution in [1.29, 1.82) is 5.26 Å². The zero-order chi connectivity index (χ0) is 39.3. The van der Waals surface area contributed by atoms with Gasteiger partial charge < -0.3 is 24.4 Å². The van der Waals surface area contributed by atoms with Gasteiger partial charge in [-0.15, -0.1) is 11.3 Å². The molecule has 0 bridgehead atoms. The van der Waals surface area contributed by atoms with E-state index in [4.69, 9.17) is 14.6 Å². The van der Waals surface area contributed by atoms with Crippen LogP contribution < -0.4 is 9.47 Å². The van der Waals surface area contributed by atoms with Crippen molar-refractivity contribution >= 4 is 29.1 Å². The minimum atomic E-state index is -4.94. The molecule has 2 saturated heterocycles. The second kappa shape index (κ2) is 16.1. The van der Waals surface area contributed by atoms with E-state index in [-0.39, 0.29) is 70.5 Å². The molecule has 4 heterocycles. The van der Waals surface area contributed by atoms with Gasteiger partial charge >= 0.3 is 18.3 Å². The highest BCUT2D eigenvalue weighted by Crippen LogP contribution is 2.44. The number of rotatable bonds is 11. The first-order valence-corrected chi connectivity index (χ1v) is 17.9. The number of aromatic nitrogens is 1. The van der Waals surface area contributed by atoms with Crippen LogP contribution in [0.15, 0.2) is 66.2 Å². The number of halogens is 6. The summed E-state index contributed by atoms with van der Waals surface area (Å²) in [5, 5.41) is 20.6. The number of carbonyl (C=O) groups excluding carboxylic acids is 2. The maximum Gasteiger partial charge on any atom is 0.425 e. The number of hydrogen-bond donors (Lipinski definition) is 1. The minimum absolute atomic E-state index is 0.0305. The number of amides is 2. The van der Waals surface area contributed by atoms with Gasteiger partial charge in [0.15, 0.2) is 0 Å². The summed E-state index contributed by atoms with van der Waals surface area (Å²) in [5.74, 6) is -2.77. The van der Waals surface area contributed by atoms with Gasteiger partial charge in [0.1, 0.15) is 22.1 Å². The summed E-state index contributed by atoms with van der Waals surface area (Å²) in [6, 6.07) is 10.3. The molecule has 0 spiro atoms. The molecule has 2 fully saturated rings. The van der Waals surface area contributed by atoms with Crippen LogP contribution in [0.1, 0.15) is 71.9 Å². The highest BCUT2D eigenvalue weighted by atomic mass is 32.1. The number of hydrogen-bond acceptors (Lipinski definition) is 8. The fraction of sp³-hybridized carbons (Fsp3) is 0.432. The second-order valence-electron chi connectivity index (χ2n) is 12.9. The van der Waals surface area contributed by atoms with Crippen LogP contribution >= 0.6 is 11.3 Å². The van der Waals surface area contributed by atoms with E-state index < -0.39 is 63.3 Å². The smallest absolute Gasteiger partial charge is 0.425 e. The number of carboxylic acids is 1. The van der Waals surface area contributed by atoms with Gasteiger partial charge in [0.25, 0.3) is 11.8 Å². The predicted molar refractivity (Wildman–Crippen MR) is 183 cm³/mol. The van der Waals surface area contributed by atoms with Crippen molar-refractivity contribution in [3.63, 3.8) is 0 Å². The summed E-state index contributed by atoms with van der Waals surface area (Å²) in [4.78, 5) is 45.0. The molecule has 2 aliphatic heterocycles. The van der Waals surface area contributed by atoms with Gasteiger partial charge in [-0.05, 0) is 50.8 Å². The Morgan fingerprint density at radius 1 is 1.06 bits per heavy atom. The molecule has 1 N–H and O–H groups in total. The third kappa shape index (κ3) is 8.33. The zero-order valence-electron chi connectivity index (χ0n) is 29.0. The number of aliphatic carboxylic acids is 1. The number of likely N-dealkylation sites (tertiary alicyclic amines) is 2. The summed E-state index contributed by atoms with van der Waals surface area (Å²) in [6.45, 7) is 1.47. The Labute approximate surface area is 310 Å². The Morgan fingerprint density at radius 3 is 2.41 bits per heavy atom. The molecule has 54 heavy (non-hydrogen) atoms. The van der Waals surface area contributed by atoms with E-state index in [9.17, 15) is 46.0 Å². The highest BCUT2D eigenvalue weighted by Gasteiger charge is 2.56. The first kappa shape index (κ1) is 40.1. The van der Waals surface area contributed by atoms with Crippen LogP contribution in [0.3, 0.4) is 0 Å². The van der Waals surface area contributed by atoms with E-state index in [1.165, 1.54) is 17.1 Å². The Balaban J connectivity index is 1.51. The topological polar surface area (TPSA) is 133 Å². The summed E-state index contributed by atoms with van der Waals surface area (Å²) in [7, 11) is 0. The van der Waals surface area contributed by atoms with Crippen LogP contribution in [0.25, 0.3) is 0 Å². The van der Waals surface area contributed by atoms with Crippen LogP contribution in [0.4, 0.5) is 26.3 Å². The van der Waals surface area contributed by atoms with Crippen molar-refractivity contribution in [3.05, 3.63) is 87.9 Å². The third-order valence-corrected chi connectivity index (χ3v) is 10.5. The van der Waals surface area contributed by atoms with Crippen molar-refractivity contribution in [1.82, 2.24) is 14.8 Å². The first-order valence-electron chi connectivity index (χ1n) is 17.0. The number of carbonyl (C=O) groups is 3. The fourth-order valence-corrected chi connectivity index (χ4v) is 7.65. The molecule has 0 aliphatic carbocycles. The number of ether oxygens (including phenoxy) is 2. The van der Waals surface area contributed by atoms with E-state index in [0.29, 0.717) is 28.7 Å². The molecule has 3 aromatic rings. The van der Waals surface area contributed by atoms with Gasteiger partial charge in [-0.1, -0.05) is 30.4 Å². The number of para-hydroxylation sites is 1. The standard InChI is InChI=1S/C37H36F6N4O6S/c1-2-8-28-35(53-24-21-29(54-22-24)37(41,42)43,13-7-17-47(28)32(50)31-26(36(38,39)40)10-5-16-45-31)33(51)46-18-14-34(23-44,15-19-46)25-9-3-4-11-27(25)52-20-6-12-30(48)49/h2-5,8-11,16,21-22,28H,6-7,12-15,17-20H2,1H3,(H,48,49). The Hall–Kier alpha value is -5.11. The number of thiophene rings is 1. The van der Waals surface area contributed by atoms with Crippen LogP contribution in [-0.2, 0) is 27.4 Å². The number of alkyl halides is 6. The molecule has 0 radical (unpaired) electrons. The maximum atomic E-state index is 14.9. The maximum absolute atomic E-state index is 14.9. The van der Waals surface area contributed by atoms with E-state index >= 15 is 0 Å². The molecule has 2 atom stereocenters. The molecule has 10 nitrogen and oxygen atoms in total. The van der Waals surface area contributed by atoms with E-state index in [1.807, 2.05) is 0 Å². The molecule has 2 unspecified atom stereocenters. The second-order valence-corrected chi connectivity index (χ2v) is 13.8. The number of nitrogens with zero attached hydrogens (tertiary/aromatic N) is 4. The number of pyridine rings is 1. The van der Waals surface area contributed by atoms with Crippen LogP contribution in [0.5, 0.6) is 11.5 Å². The normalized spacial score (nSPS) is 20.4. The number of allylic oxidation sites excluding steroid dienone is 1. The van der Waals surface area contributed by atoms with Gasteiger partial charge in [0.2, 0.25) is 5.60 Å². The van der Waals surface area contributed by atoms with E-state index in [0.717, 1.165) is 28.6 Å². The van der Waals surface area contributed by atoms with Gasteiger partial charge in [-0.3, -0.25) is 19.4 Å². The highest BCUT2D eigenvalue weighted by molar-refractivity contribution is 7.10. The van der Waals surface area contributed by atoms with Crippen LogP contribution in [-0.4, -0.2) is 75.6 Å². The molecule has 0 saturated carbocycles. The predicted octanol–water partition coefficient (Wildman–Crippen LogP) is 7.51. The lowest BCUT2D eigenvalue weighted by Gasteiger charge is -2.50. The molecule has 1 aromatic carbocycles. The van der Waals surface area contributed by atoms with Crippen LogP contribution in [0.2, 0.25) is 0 Å². The van der Waals surface area contributed by atoms with Crippen molar-refractivity contribution in [2.75, 3.05) is 26.2 Å². The first-order chi connectivity index (χ1) is 25.6. The van der Waals surface area contributed by atoms with E-state index in [1.54, 1.807) is 31.2 Å². The summed E-state index contributed by atoms with van der Waals surface area (Å²) < 4.78 is 95.2. The lowest BCUT2D eigenvalue weighted by molar-refractivity contribution is -0.157. The lowest BCUT2D eigenvalue weighted by Crippen LogP contribution is -2.68. The lowest BCUT2D eigenvalue weighted by atomic mass is 9.73.